The number of aromatic carboxylic acids is 1. The number of carbonyl (C=O) groups is 2. The summed E-state index contributed by atoms with van der Waals surface area (Å²) < 4.78 is 123. The summed E-state index contributed by atoms with van der Waals surface area (Å²) in [7, 11) is 1.28. The molecular weight excluding hydrogens is 666 g/mol. The number of carboxylic acids is 1. The Bertz CT molecular complexity index is 1960. The van der Waals surface area contributed by atoms with Crippen LogP contribution in [0.1, 0.15) is 63.2 Å². The number of benzene rings is 4. The minimum atomic E-state index is -5.11. The van der Waals surface area contributed by atoms with E-state index in [0.29, 0.717) is 28.8 Å². The van der Waals surface area contributed by atoms with Crippen molar-refractivity contribution in [1.82, 2.24) is 4.90 Å². The summed E-state index contributed by atoms with van der Waals surface area (Å²) in [5.41, 5.74) is -1.94. The molecule has 1 amide bonds. The van der Waals surface area contributed by atoms with Crippen LogP contribution in [0.2, 0.25) is 0 Å². The number of cyclic esters (lactones) is 1. The first-order chi connectivity index (χ1) is 23.0. The first kappa shape index (κ1) is 33.7. The first-order valence-corrected chi connectivity index (χ1v) is 14.8. The molecule has 6 nitrogen and oxygen atoms in total. The highest BCUT2D eigenvalue weighted by molar-refractivity contribution is 5.89. The number of carboxylic acid groups (broad SMARTS) is 1. The van der Waals surface area contributed by atoms with E-state index >= 15 is 4.39 Å². The maximum atomic E-state index is 15.5. The predicted molar refractivity (Wildman–Crippen MR) is 159 cm³/mol. The lowest BCUT2D eigenvalue weighted by Crippen LogP contribution is -2.31. The van der Waals surface area contributed by atoms with E-state index in [1.54, 1.807) is 6.92 Å². The third-order valence-corrected chi connectivity index (χ3v) is 8.87. The van der Waals surface area contributed by atoms with Crippen LogP contribution in [-0.4, -0.2) is 35.2 Å². The van der Waals surface area contributed by atoms with E-state index in [1.807, 2.05) is 0 Å². The van der Waals surface area contributed by atoms with Crippen LogP contribution in [0.15, 0.2) is 66.7 Å². The summed E-state index contributed by atoms with van der Waals surface area (Å²) in [6.45, 7) is 1.60. The standard InChI is InChI=1S/C35H25F8NO5/c1-16-9-17(32(45)46)3-5-22(16)24-14-26(30(48-2)15-27(24)37)23-6-4-21(36)13-25(23)28-7-8-29-31(49-33(47)44(28)29)18-10-19(34(38,39)40)12-20(11-18)35(41,42)43/h3-6,9-15,28-29,31H,7-8H2,1-2H3,(H,45,46)/t28-,29-,31+/m0/s1. The molecule has 0 unspecified atom stereocenters. The molecule has 0 bridgehead atoms. The Balaban J connectivity index is 1.43. The van der Waals surface area contributed by atoms with Crippen LogP contribution in [0.3, 0.4) is 0 Å². The molecule has 2 aliphatic heterocycles. The molecule has 6 rings (SSSR count). The molecule has 1 N–H and O–H groups in total. The number of rotatable bonds is 6. The first-order valence-electron chi connectivity index (χ1n) is 14.8. The second-order valence-electron chi connectivity index (χ2n) is 11.8. The molecule has 0 saturated carbocycles. The number of methoxy groups -OCH3 is 1. The van der Waals surface area contributed by atoms with Gasteiger partial charge in [0.2, 0.25) is 0 Å². The van der Waals surface area contributed by atoms with Gasteiger partial charge in [0.1, 0.15) is 23.5 Å². The Morgan fingerprint density at radius 3 is 2.08 bits per heavy atom. The molecule has 0 radical (unpaired) electrons. The number of carbonyl (C=O) groups excluding carboxylic acids is 1. The molecule has 14 heteroatoms. The van der Waals surface area contributed by atoms with Crippen molar-refractivity contribution in [2.75, 3.05) is 7.11 Å². The molecule has 4 aromatic carbocycles. The van der Waals surface area contributed by atoms with Crippen LogP contribution >= 0.6 is 0 Å². The van der Waals surface area contributed by atoms with Crippen molar-refractivity contribution in [2.24, 2.45) is 0 Å². The topological polar surface area (TPSA) is 76.1 Å². The van der Waals surface area contributed by atoms with Gasteiger partial charge < -0.3 is 14.6 Å². The number of aryl methyl sites for hydroxylation is 1. The SMILES string of the molecule is COc1cc(F)c(-c2ccc(C(=O)O)cc2C)cc1-c1ccc(F)cc1[C@@H]1CC[C@H]2[C@@H](c3cc(C(F)(F)F)cc(C(F)(F)F)c3)OC(=O)N12. The third kappa shape index (κ3) is 6.15. The summed E-state index contributed by atoms with van der Waals surface area (Å²) in [6.07, 6.45) is -12.5. The van der Waals surface area contributed by atoms with Gasteiger partial charge in [-0.05, 0) is 96.1 Å². The fraction of sp³-hybridized carbons (Fsp3) is 0.257. The van der Waals surface area contributed by atoms with E-state index in [0.717, 1.165) is 18.2 Å². The quantitative estimate of drug-likeness (QED) is 0.204. The number of fused-ring (bicyclic) bond motifs is 1. The van der Waals surface area contributed by atoms with Gasteiger partial charge in [0.25, 0.3) is 0 Å². The van der Waals surface area contributed by atoms with E-state index in [4.69, 9.17) is 9.47 Å². The van der Waals surface area contributed by atoms with Crippen molar-refractivity contribution < 1.29 is 59.3 Å². The smallest absolute Gasteiger partial charge is 0.416 e. The number of nitrogens with zero attached hydrogens (tertiary/aromatic N) is 1. The molecule has 0 spiro atoms. The Morgan fingerprint density at radius 1 is 0.837 bits per heavy atom. The van der Waals surface area contributed by atoms with Crippen LogP contribution in [-0.2, 0) is 17.1 Å². The molecule has 4 aromatic rings. The number of hydrogen-bond acceptors (Lipinski definition) is 4. The molecule has 2 aliphatic rings. The molecular formula is C35H25F8NO5. The highest BCUT2D eigenvalue weighted by Crippen LogP contribution is 2.51. The van der Waals surface area contributed by atoms with Crippen LogP contribution in [0.25, 0.3) is 22.3 Å². The van der Waals surface area contributed by atoms with Gasteiger partial charge in [-0.3, -0.25) is 4.90 Å². The fourth-order valence-electron chi connectivity index (χ4n) is 6.68. The van der Waals surface area contributed by atoms with Gasteiger partial charge >= 0.3 is 24.4 Å². The van der Waals surface area contributed by atoms with Gasteiger partial charge in [0, 0.05) is 17.2 Å². The van der Waals surface area contributed by atoms with E-state index in [1.165, 1.54) is 42.3 Å². The van der Waals surface area contributed by atoms with Gasteiger partial charge in [-0.2, -0.15) is 26.3 Å². The average Bonchev–Trinajstić information content (AvgIpc) is 3.61. The molecule has 0 aliphatic carbocycles. The molecule has 2 fully saturated rings. The van der Waals surface area contributed by atoms with E-state index in [9.17, 15) is 45.4 Å². The van der Waals surface area contributed by atoms with Crippen LogP contribution in [0.5, 0.6) is 5.75 Å². The van der Waals surface area contributed by atoms with E-state index < -0.39 is 70.9 Å². The zero-order valence-electron chi connectivity index (χ0n) is 25.5. The van der Waals surface area contributed by atoms with Crippen molar-refractivity contribution in [2.45, 2.75) is 50.3 Å². The number of alkyl halides is 6. The Kier molecular flexibility index (Phi) is 8.32. The second kappa shape index (κ2) is 12.1. The number of amides is 1. The second-order valence-corrected chi connectivity index (χ2v) is 11.8. The van der Waals surface area contributed by atoms with Crippen molar-refractivity contribution in [3.8, 4) is 28.0 Å². The van der Waals surface area contributed by atoms with Gasteiger partial charge in [-0.25, -0.2) is 18.4 Å². The van der Waals surface area contributed by atoms with Crippen LogP contribution in [0.4, 0.5) is 39.9 Å². The third-order valence-electron chi connectivity index (χ3n) is 8.87. The maximum Gasteiger partial charge on any atom is 0.416 e. The predicted octanol–water partition coefficient (Wildman–Crippen LogP) is 9.75. The lowest BCUT2D eigenvalue weighted by atomic mass is 9.89. The Hall–Kier alpha value is -5.14. The van der Waals surface area contributed by atoms with E-state index in [2.05, 4.69) is 0 Å². The van der Waals surface area contributed by atoms with Crippen LogP contribution in [0, 0.1) is 18.6 Å². The minimum absolute atomic E-state index is 0.0115. The number of hydrogen-bond donors (Lipinski definition) is 1. The molecule has 2 saturated heterocycles. The Morgan fingerprint density at radius 2 is 1.49 bits per heavy atom. The van der Waals surface area contributed by atoms with Gasteiger partial charge in [-0.15, -0.1) is 0 Å². The van der Waals surface area contributed by atoms with Crippen molar-refractivity contribution in [3.05, 3.63) is 112 Å². The largest absolute Gasteiger partial charge is 0.496 e. The number of halogens is 8. The van der Waals surface area contributed by atoms with Crippen molar-refractivity contribution in [1.29, 1.82) is 0 Å². The highest BCUT2D eigenvalue weighted by Gasteiger charge is 2.51. The summed E-state index contributed by atoms with van der Waals surface area (Å²) in [5.74, 6) is -2.55. The monoisotopic (exact) mass is 691 g/mol. The lowest BCUT2D eigenvalue weighted by molar-refractivity contribution is -0.143. The normalized spacial score (nSPS) is 19.2. The zero-order valence-corrected chi connectivity index (χ0v) is 25.5. The fourth-order valence-corrected chi connectivity index (χ4v) is 6.68. The minimum Gasteiger partial charge on any atom is -0.496 e. The number of ether oxygens (including phenoxy) is 2. The van der Waals surface area contributed by atoms with Gasteiger partial charge in [0.05, 0.1) is 35.9 Å². The molecule has 3 atom stereocenters. The van der Waals surface area contributed by atoms with Crippen molar-refractivity contribution in [3.63, 3.8) is 0 Å². The van der Waals surface area contributed by atoms with Gasteiger partial charge in [-0.1, -0.05) is 12.1 Å². The summed E-state index contributed by atoms with van der Waals surface area (Å²) >= 11 is 0. The maximum absolute atomic E-state index is 15.5. The van der Waals surface area contributed by atoms with Crippen molar-refractivity contribution >= 4 is 12.1 Å². The summed E-state index contributed by atoms with van der Waals surface area (Å²) in [5, 5.41) is 9.35. The Labute approximate surface area is 273 Å². The highest BCUT2D eigenvalue weighted by atomic mass is 19.4. The molecule has 256 valence electrons. The average molecular weight is 692 g/mol. The molecule has 0 aromatic heterocycles. The molecule has 49 heavy (non-hydrogen) atoms. The molecule has 2 heterocycles. The summed E-state index contributed by atoms with van der Waals surface area (Å²) in [6, 6.07) is 9.44. The summed E-state index contributed by atoms with van der Waals surface area (Å²) in [4.78, 5) is 25.9. The van der Waals surface area contributed by atoms with Crippen LogP contribution < -0.4 is 4.74 Å². The zero-order chi connectivity index (χ0) is 35.6. The lowest BCUT2D eigenvalue weighted by Gasteiger charge is -2.26. The van der Waals surface area contributed by atoms with Gasteiger partial charge in [0.15, 0.2) is 0 Å². The van der Waals surface area contributed by atoms with E-state index in [-0.39, 0.29) is 46.9 Å².